The predicted octanol–water partition coefficient (Wildman–Crippen LogP) is 1.12. The largest absolute Gasteiger partial charge is 0.337 e. The molecule has 0 radical (unpaired) electrons. The molecule has 0 aromatic heterocycles. The summed E-state index contributed by atoms with van der Waals surface area (Å²) in [6.07, 6.45) is 1.17. The Morgan fingerprint density at radius 2 is 1.71 bits per heavy atom. The third kappa shape index (κ3) is 4.53. The molecule has 1 amide bonds. The number of amides is 1. The van der Waals surface area contributed by atoms with Gasteiger partial charge in [0.25, 0.3) is 5.91 Å². The molecule has 3 atom stereocenters. The highest BCUT2D eigenvalue weighted by Crippen LogP contribution is 2.24. The van der Waals surface area contributed by atoms with E-state index in [9.17, 15) is 13.2 Å². The van der Waals surface area contributed by atoms with Gasteiger partial charge in [0.2, 0.25) is 10.0 Å². The molecule has 2 heterocycles. The quantitative estimate of drug-likeness (QED) is 0.781. The van der Waals surface area contributed by atoms with Crippen LogP contribution in [0.4, 0.5) is 0 Å². The maximum absolute atomic E-state index is 13.0. The van der Waals surface area contributed by atoms with E-state index in [0.717, 1.165) is 18.0 Å². The average Bonchev–Trinajstić information content (AvgIpc) is 2.66. The van der Waals surface area contributed by atoms with E-state index in [-0.39, 0.29) is 21.9 Å². The minimum atomic E-state index is -3.60. The summed E-state index contributed by atoms with van der Waals surface area (Å²) in [5.74, 6) is 1.26. The lowest BCUT2D eigenvalue weighted by molar-refractivity contribution is -0.918. The van der Waals surface area contributed by atoms with E-state index < -0.39 is 10.0 Å². The molecular formula is C20H31ClN3O3S+. The number of sulfonamides is 1. The van der Waals surface area contributed by atoms with Crippen molar-refractivity contribution in [1.82, 2.24) is 9.21 Å². The van der Waals surface area contributed by atoms with Crippen molar-refractivity contribution in [2.45, 2.75) is 38.1 Å². The van der Waals surface area contributed by atoms with Crippen LogP contribution in [0.5, 0.6) is 0 Å². The summed E-state index contributed by atoms with van der Waals surface area (Å²) in [5.41, 5.74) is 0. The van der Waals surface area contributed by atoms with Gasteiger partial charge in [-0.25, -0.2) is 8.42 Å². The standard InChI is InChI=1S/C20H30ClN3O3S/c1-15-12-16(2)14-23(13-15)20(25)17(3)22-8-10-24(11-9-22)28(26,27)19-7-5-4-6-18(19)21/h4-7,15-17H,8-14H2,1-3H3/p+1/t15-,16-,17+/m0/s1. The van der Waals surface area contributed by atoms with Gasteiger partial charge in [0, 0.05) is 13.1 Å². The molecular weight excluding hydrogens is 398 g/mol. The minimum Gasteiger partial charge on any atom is -0.337 e. The van der Waals surface area contributed by atoms with Crippen molar-refractivity contribution in [3.8, 4) is 0 Å². The second-order valence-electron chi connectivity index (χ2n) is 8.40. The Kier molecular flexibility index (Phi) is 6.69. The molecule has 3 rings (SSSR count). The van der Waals surface area contributed by atoms with Crippen LogP contribution in [0.1, 0.15) is 27.2 Å². The van der Waals surface area contributed by atoms with E-state index in [1.807, 2.05) is 11.8 Å². The number of halogens is 1. The molecule has 2 aliphatic rings. The molecule has 0 spiro atoms. The third-order valence-corrected chi connectivity index (χ3v) is 8.38. The molecule has 2 saturated heterocycles. The van der Waals surface area contributed by atoms with Gasteiger partial charge in [-0.05, 0) is 37.3 Å². The van der Waals surface area contributed by atoms with E-state index in [4.69, 9.17) is 11.6 Å². The first-order valence-corrected chi connectivity index (χ1v) is 11.9. The van der Waals surface area contributed by atoms with Gasteiger partial charge in [-0.1, -0.05) is 37.6 Å². The Bertz CT molecular complexity index is 799. The van der Waals surface area contributed by atoms with Crippen molar-refractivity contribution in [2.75, 3.05) is 39.3 Å². The number of rotatable bonds is 4. The van der Waals surface area contributed by atoms with Crippen LogP contribution in [0.25, 0.3) is 0 Å². The molecule has 1 aromatic rings. The number of piperazine rings is 1. The highest BCUT2D eigenvalue weighted by atomic mass is 35.5. The number of nitrogens with one attached hydrogen (secondary N) is 1. The monoisotopic (exact) mass is 428 g/mol. The van der Waals surface area contributed by atoms with Gasteiger partial charge >= 0.3 is 0 Å². The number of likely N-dealkylation sites (tertiary alicyclic amines) is 1. The van der Waals surface area contributed by atoms with Gasteiger partial charge in [-0.15, -0.1) is 0 Å². The fourth-order valence-electron chi connectivity index (χ4n) is 4.53. The first-order valence-electron chi connectivity index (χ1n) is 10.1. The van der Waals surface area contributed by atoms with Crippen LogP contribution in [0, 0.1) is 11.8 Å². The van der Waals surface area contributed by atoms with Crippen LogP contribution >= 0.6 is 11.6 Å². The Morgan fingerprint density at radius 1 is 1.14 bits per heavy atom. The lowest BCUT2D eigenvalue weighted by Gasteiger charge is -2.39. The number of benzene rings is 1. The normalized spacial score (nSPS) is 26.2. The molecule has 0 aliphatic carbocycles. The molecule has 1 N–H and O–H groups in total. The highest BCUT2D eigenvalue weighted by molar-refractivity contribution is 7.89. The van der Waals surface area contributed by atoms with Crippen molar-refractivity contribution in [3.05, 3.63) is 29.3 Å². The minimum absolute atomic E-state index is 0.150. The van der Waals surface area contributed by atoms with Gasteiger partial charge in [0.1, 0.15) is 4.90 Å². The number of nitrogens with zero attached hydrogens (tertiary/aromatic N) is 2. The molecule has 0 saturated carbocycles. The lowest BCUT2D eigenvalue weighted by Crippen LogP contribution is -3.19. The molecule has 28 heavy (non-hydrogen) atoms. The van der Waals surface area contributed by atoms with Crippen molar-refractivity contribution < 1.29 is 18.1 Å². The lowest BCUT2D eigenvalue weighted by atomic mass is 9.91. The van der Waals surface area contributed by atoms with E-state index in [2.05, 4.69) is 13.8 Å². The second kappa shape index (κ2) is 8.69. The van der Waals surface area contributed by atoms with Crippen LogP contribution in [0.3, 0.4) is 0 Å². The molecule has 8 heteroatoms. The number of hydrogen-bond donors (Lipinski definition) is 1. The van der Waals surface area contributed by atoms with Crippen LogP contribution in [-0.4, -0.2) is 68.8 Å². The highest BCUT2D eigenvalue weighted by Gasteiger charge is 2.37. The Morgan fingerprint density at radius 3 is 2.29 bits per heavy atom. The van der Waals surface area contributed by atoms with Gasteiger partial charge < -0.3 is 9.80 Å². The van der Waals surface area contributed by atoms with Gasteiger partial charge in [0.05, 0.1) is 31.2 Å². The summed E-state index contributed by atoms with van der Waals surface area (Å²) in [6.45, 7) is 10.1. The predicted molar refractivity (Wildman–Crippen MR) is 110 cm³/mol. The third-order valence-electron chi connectivity index (χ3n) is 5.98. The Labute approximate surface area is 173 Å². The van der Waals surface area contributed by atoms with Crippen LogP contribution < -0.4 is 4.90 Å². The summed E-state index contributed by atoms with van der Waals surface area (Å²) < 4.78 is 27.3. The zero-order valence-electron chi connectivity index (χ0n) is 16.9. The fourth-order valence-corrected chi connectivity index (χ4v) is 6.47. The summed E-state index contributed by atoms with van der Waals surface area (Å²) >= 11 is 6.10. The molecule has 6 nitrogen and oxygen atoms in total. The number of piperidine rings is 1. The van der Waals surface area contributed by atoms with Crippen LogP contribution in [0.2, 0.25) is 5.02 Å². The number of hydrogen-bond acceptors (Lipinski definition) is 3. The number of carbonyl (C=O) groups excluding carboxylic acids is 1. The SMILES string of the molecule is C[C@H]1C[C@H](C)CN(C(=O)[C@@H](C)[NH+]2CCN(S(=O)(=O)c3ccccc3Cl)CC2)C1. The molecule has 2 fully saturated rings. The molecule has 0 bridgehead atoms. The number of carbonyl (C=O) groups is 1. The van der Waals surface area contributed by atoms with Gasteiger partial charge in [-0.3, -0.25) is 4.79 Å². The van der Waals surface area contributed by atoms with E-state index >= 15 is 0 Å². The maximum atomic E-state index is 13.0. The average molecular weight is 429 g/mol. The first-order chi connectivity index (χ1) is 13.2. The van der Waals surface area contributed by atoms with E-state index in [0.29, 0.717) is 38.0 Å². The van der Waals surface area contributed by atoms with Crippen molar-refractivity contribution in [3.63, 3.8) is 0 Å². The van der Waals surface area contributed by atoms with Crippen molar-refractivity contribution in [1.29, 1.82) is 0 Å². The second-order valence-corrected chi connectivity index (χ2v) is 10.7. The zero-order valence-corrected chi connectivity index (χ0v) is 18.5. The molecule has 0 unspecified atom stereocenters. The molecule has 156 valence electrons. The van der Waals surface area contributed by atoms with Crippen LogP contribution in [-0.2, 0) is 14.8 Å². The number of quaternary nitrogens is 1. The topological polar surface area (TPSA) is 62.1 Å². The van der Waals surface area contributed by atoms with Gasteiger partial charge in [0.15, 0.2) is 6.04 Å². The van der Waals surface area contributed by atoms with Crippen molar-refractivity contribution in [2.24, 2.45) is 11.8 Å². The first kappa shape index (κ1) is 21.6. The smallest absolute Gasteiger partial charge is 0.280 e. The van der Waals surface area contributed by atoms with E-state index in [1.165, 1.54) is 10.7 Å². The summed E-state index contributed by atoms with van der Waals surface area (Å²) in [7, 11) is -3.60. The summed E-state index contributed by atoms with van der Waals surface area (Å²) in [4.78, 5) is 16.3. The maximum Gasteiger partial charge on any atom is 0.280 e. The molecule has 2 aliphatic heterocycles. The fraction of sp³-hybridized carbons (Fsp3) is 0.650. The van der Waals surface area contributed by atoms with E-state index in [1.54, 1.807) is 24.3 Å². The summed E-state index contributed by atoms with van der Waals surface area (Å²) in [6, 6.07) is 6.39. The summed E-state index contributed by atoms with van der Waals surface area (Å²) in [5, 5.41) is 0.245. The Hall–Kier alpha value is -1.15. The van der Waals surface area contributed by atoms with Crippen molar-refractivity contribution >= 4 is 27.5 Å². The molecule has 1 aromatic carbocycles. The Balaban J connectivity index is 1.62. The zero-order chi connectivity index (χ0) is 20.5. The van der Waals surface area contributed by atoms with Gasteiger partial charge in [-0.2, -0.15) is 4.31 Å². The van der Waals surface area contributed by atoms with Crippen LogP contribution in [0.15, 0.2) is 29.2 Å².